The highest BCUT2D eigenvalue weighted by atomic mass is 79.9. The number of fused-ring (bicyclic) bond motifs is 1. The highest BCUT2D eigenvalue weighted by molar-refractivity contribution is 9.10. The van der Waals surface area contributed by atoms with Crippen molar-refractivity contribution in [1.29, 1.82) is 0 Å². The van der Waals surface area contributed by atoms with Crippen molar-refractivity contribution in [2.24, 2.45) is 0 Å². The summed E-state index contributed by atoms with van der Waals surface area (Å²) < 4.78 is 17.2. The van der Waals surface area contributed by atoms with Gasteiger partial charge < -0.3 is 5.32 Å². The molecule has 1 N–H and O–H groups in total. The van der Waals surface area contributed by atoms with Gasteiger partial charge in [-0.2, -0.15) is 0 Å². The van der Waals surface area contributed by atoms with Gasteiger partial charge in [-0.1, -0.05) is 22.0 Å². The molecule has 0 saturated carbocycles. The van der Waals surface area contributed by atoms with E-state index in [0.29, 0.717) is 30.7 Å². The standard InChI is InChI=1S/C18H16BrFN4O2/c19-14-6-7-15(20)13(12-14)5-8-17(25)21-9-3-11-24-18(26)23-10-2-1-4-16(23)22-24/h1-2,4-8,10,12H,3,9,11H2,(H,21,25). The van der Waals surface area contributed by atoms with Crippen LogP contribution < -0.4 is 11.0 Å². The second-order valence-electron chi connectivity index (χ2n) is 5.58. The van der Waals surface area contributed by atoms with E-state index in [-0.39, 0.29) is 11.6 Å². The summed E-state index contributed by atoms with van der Waals surface area (Å²) in [6, 6.07) is 9.84. The van der Waals surface area contributed by atoms with Gasteiger partial charge in [-0.3, -0.25) is 9.20 Å². The molecule has 0 saturated heterocycles. The zero-order valence-electron chi connectivity index (χ0n) is 13.7. The zero-order chi connectivity index (χ0) is 18.5. The largest absolute Gasteiger partial charge is 0.352 e. The minimum absolute atomic E-state index is 0.211. The number of benzene rings is 1. The third-order valence-electron chi connectivity index (χ3n) is 3.71. The summed E-state index contributed by atoms with van der Waals surface area (Å²) in [6.45, 7) is 0.773. The molecule has 6 nitrogen and oxygen atoms in total. The van der Waals surface area contributed by atoms with Gasteiger partial charge in [0.2, 0.25) is 5.91 Å². The van der Waals surface area contributed by atoms with Crippen LogP contribution in [-0.2, 0) is 11.3 Å². The molecule has 26 heavy (non-hydrogen) atoms. The summed E-state index contributed by atoms with van der Waals surface area (Å²) in [5.74, 6) is -0.727. The maximum atomic E-state index is 13.6. The smallest absolute Gasteiger partial charge is 0.350 e. The van der Waals surface area contributed by atoms with E-state index in [1.165, 1.54) is 27.3 Å². The van der Waals surface area contributed by atoms with Crippen LogP contribution in [0.15, 0.2) is 57.9 Å². The molecule has 0 aliphatic carbocycles. The second kappa shape index (κ2) is 8.09. The van der Waals surface area contributed by atoms with Crippen molar-refractivity contribution in [2.45, 2.75) is 13.0 Å². The zero-order valence-corrected chi connectivity index (χ0v) is 15.3. The topological polar surface area (TPSA) is 68.4 Å². The first-order valence-electron chi connectivity index (χ1n) is 8.00. The van der Waals surface area contributed by atoms with Gasteiger partial charge in [-0.05, 0) is 42.8 Å². The van der Waals surface area contributed by atoms with Gasteiger partial charge in [0.05, 0.1) is 0 Å². The maximum absolute atomic E-state index is 13.6. The lowest BCUT2D eigenvalue weighted by Gasteiger charge is -2.02. The Labute approximate surface area is 157 Å². The van der Waals surface area contributed by atoms with E-state index in [4.69, 9.17) is 0 Å². The molecular formula is C18H16BrFN4O2. The van der Waals surface area contributed by atoms with E-state index in [2.05, 4.69) is 26.3 Å². The lowest BCUT2D eigenvalue weighted by Crippen LogP contribution is -2.26. The minimum Gasteiger partial charge on any atom is -0.352 e. The summed E-state index contributed by atoms with van der Waals surface area (Å²) in [5, 5.41) is 6.92. The van der Waals surface area contributed by atoms with Gasteiger partial charge in [0.25, 0.3) is 0 Å². The van der Waals surface area contributed by atoms with Gasteiger partial charge in [0.15, 0.2) is 5.65 Å². The first-order chi connectivity index (χ1) is 12.5. The fraction of sp³-hybridized carbons (Fsp3) is 0.167. The lowest BCUT2D eigenvalue weighted by molar-refractivity contribution is -0.116. The van der Waals surface area contributed by atoms with E-state index in [9.17, 15) is 14.0 Å². The number of halogens is 2. The van der Waals surface area contributed by atoms with Gasteiger partial charge >= 0.3 is 5.69 Å². The third kappa shape index (κ3) is 4.26. The first-order valence-corrected chi connectivity index (χ1v) is 8.79. The summed E-state index contributed by atoms with van der Waals surface area (Å²) in [7, 11) is 0. The van der Waals surface area contributed by atoms with Crippen molar-refractivity contribution in [3.05, 3.63) is 75.0 Å². The number of nitrogens with zero attached hydrogens (tertiary/aromatic N) is 3. The van der Waals surface area contributed by atoms with E-state index in [1.54, 1.807) is 30.5 Å². The molecule has 0 spiro atoms. The molecule has 0 aliphatic heterocycles. The normalized spacial score (nSPS) is 11.3. The van der Waals surface area contributed by atoms with E-state index in [0.717, 1.165) is 4.47 Å². The molecule has 0 unspecified atom stereocenters. The molecule has 134 valence electrons. The molecule has 2 aromatic heterocycles. The van der Waals surface area contributed by atoms with E-state index in [1.807, 2.05) is 6.07 Å². The molecule has 0 radical (unpaired) electrons. The van der Waals surface area contributed by atoms with Crippen molar-refractivity contribution in [3.8, 4) is 0 Å². The van der Waals surface area contributed by atoms with Gasteiger partial charge in [-0.25, -0.2) is 13.9 Å². The van der Waals surface area contributed by atoms with Crippen molar-refractivity contribution in [1.82, 2.24) is 19.5 Å². The number of pyridine rings is 1. The molecular weight excluding hydrogens is 403 g/mol. The van der Waals surface area contributed by atoms with Gasteiger partial charge in [0.1, 0.15) is 5.82 Å². The average molecular weight is 419 g/mol. The van der Waals surface area contributed by atoms with Crippen LogP contribution in [0.25, 0.3) is 11.7 Å². The van der Waals surface area contributed by atoms with Crippen molar-refractivity contribution in [2.75, 3.05) is 6.54 Å². The molecule has 1 amide bonds. The fourth-order valence-electron chi connectivity index (χ4n) is 2.42. The number of hydrogen-bond donors (Lipinski definition) is 1. The summed E-state index contributed by atoms with van der Waals surface area (Å²) >= 11 is 3.26. The minimum atomic E-state index is -0.400. The highest BCUT2D eigenvalue weighted by Crippen LogP contribution is 2.16. The predicted octanol–water partition coefficient (Wildman–Crippen LogP) is 2.62. The third-order valence-corrected chi connectivity index (χ3v) is 4.20. The Hall–Kier alpha value is -2.74. The highest BCUT2D eigenvalue weighted by Gasteiger charge is 2.05. The molecule has 0 aliphatic rings. The quantitative estimate of drug-likeness (QED) is 0.494. The van der Waals surface area contributed by atoms with Crippen LogP contribution >= 0.6 is 15.9 Å². The Morgan fingerprint density at radius 3 is 2.96 bits per heavy atom. The second-order valence-corrected chi connectivity index (χ2v) is 6.49. The summed E-state index contributed by atoms with van der Waals surface area (Å²) in [4.78, 5) is 23.9. The Kier molecular flexibility index (Phi) is 5.62. The van der Waals surface area contributed by atoms with Crippen LogP contribution in [0.5, 0.6) is 0 Å². The predicted molar refractivity (Wildman–Crippen MR) is 100 cm³/mol. The van der Waals surface area contributed by atoms with Crippen molar-refractivity contribution >= 4 is 33.6 Å². The van der Waals surface area contributed by atoms with Crippen LogP contribution in [0.4, 0.5) is 4.39 Å². The molecule has 3 aromatic rings. The molecule has 1 aromatic carbocycles. The molecule has 0 bridgehead atoms. The Bertz CT molecular complexity index is 1030. The Morgan fingerprint density at radius 2 is 2.15 bits per heavy atom. The monoisotopic (exact) mass is 418 g/mol. The van der Waals surface area contributed by atoms with Crippen LogP contribution in [-0.4, -0.2) is 26.6 Å². The van der Waals surface area contributed by atoms with Crippen LogP contribution in [0.2, 0.25) is 0 Å². The van der Waals surface area contributed by atoms with E-state index < -0.39 is 5.82 Å². The van der Waals surface area contributed by atoms with Gasteiger partial charge in [-0.15, -0.1) is 5.10 Å². The summed E-state index contributed by atoms with van der Waals surface area (Å²) in [5.41, 5.74) is 0.697. The molecule has 0 atom stereocenters. The maximum Gasteiger partial charge on any atom is 0.350 e. The number of nitrogens with one attached hydrogen (secondary N) is 1. The van der Waals surface area contributed by atoms with Crippen LogP contribution in [0.1, 0.15) is 12.0 Å². The number of amides is 1. The van der Waals surface area contributed by atoms with Crippen LogP contribution in [0.3, 0.4) is 0 Å². The lowest BCUT2D eigenvalue weighted by atomic mass is 10.2. The van der Waals surface area contributed by atoms with Crippen molar-refractivity contribution in [3.63, 3.8) is 0 Å². The van der Waals surface area contributed by atoms with E-state index >= 15 is 0 Å². The number of rotatable bonds is 6. The number of carbonyl (C=O) groups excluding carboxylic acids is 1. The molecule has 0 fully saturated rings. The van der Waals surface area contributed by atoms with Crippen LogP contribution in [0, 0.1) is 5.82 Å². The average Bonchev–Trinajstić information content (AvgIpc) is 2.96. The SMILES string of the molecule is O=C(C=Cc1cc(Br)ccc1F)NCCCn1nc2ccccn2c1=O. The number of carbonyl (C=O) groups is 1. The first kappa shape index (κ1) is 18.1. The molecule has 2 heterocycles. The molecule has 8 heteroatoms. The number of aromatic nitrogens is 3. The van der Waals surface area contributed by atoms with Gasteiger partial charge in [0, 0.05) is 35.4 Å². The summed E-state index contributed by atoms with van der Waals surface area (Å²) in [6.07, 6.45) is 4.91. The Morgan fingerprint density at radius 1 is 1.31 bits per heavy atom. The fourth-order valence-corrected chi connectivity index (χ4v) is 2.80. The number of hydrogen-bond acceptors (Lipinski definition) is 3. The molecule has 3 rings (SSSR count). The Balaban J connectivity index is 1.50. The van der Waals surface area contributed by atoms with Crippen molar-refractivity contribution < 1.29 is 9.18 Å². The number of aryl methyl sites for hydroxylation is 1.